The summed E-state index contributed by atoms with van der Waals surface area (Å²) in [6.07, 6.45) is 1.65. The molecule has 4 nitrogen and oxygen atoms in total. The predicted molar refractivity (Wildman–Crippen MR) is 85.7 cm³/mol. The highest BCUT2D eigenvalue weighted by atomic mass is 35.5. The van der Waals surface area contributed by atoms with Crippen molar-refractivity contribution in [2.45, 2.75) is 6.92 Å². The fourth-order valence-electron chi connectivity index (χ4n) is 1.81. The van der Waals surface area contributed by atoms with Gasteiger partial charge in [0.05, 0.1) is 15.6 Å². The largest absolute Gasteiger partial charge is 0.462 e. The Balaban J connectivity index is 1.83. The Morgan fingerprint density at radius 3 is 2.86 bits per heavy atom. The summed E-state index contributed by atoms with van der Waals surface area (Å²) in [5.74, 6) is 0.597. The van der Waals surface area contributed by atoms with Crippen LogP contribution >= 0.6 is 23.4 Å². The lowest BCUT2D eigenvalue weighted by Crippen LogP contribution is -2.19. The smallest absolute Gasteiger partial charge is 0.264 e. The van der Waals surface area contributed by atoms with E-state index in [0.29, 0.717) is 21.5 Å². The molecule has 22 heavy (non-hydrogen) atoms. The van der Waals surface area contributed by atoms with E-state index in [-0.39, 0.29) is 10.9 Å². The van der Waals surface area contributed by atoms with E-state index in [9.17, 15) is 9.18 Å². The molecule has 0 radical (unpaired) electrons. The van der Waals surface area contributed by atoms with Crippen LogP contribution in [-0.4, -0.2) is 11.1 Å². The first kappa shape index (κ1) is 14.9. The first-order valence-electron chi connectivity index (χ1n) is 6.32. The van der Waals surface area contributed by atoms with Crippen molar-refractivity contribution in [2.24, 2.45) is 4.99 Å². The van der Waals surface area contributed by atoms with Crippen molar-refractivity contribution in [3.05, 3.63) is 57.6 Å². The van der Waals surface area contributed by atoms with Crippen LogP contribution in [0.2, 0.25) is 5.02 Å². The molecule has 1 N–H and O–H groups in total. The third kappa shape index (κ3) is 3.23. The molecule has 0 saturated carbocycles. The van der Waals surface area contributed by atoms with Gasteiger partial charge in [0, 0.05) is 6.08 Å². The zero-order valence-corrected chi connectivity index (χ0v) is 13.0. The molecule has 1 aliphatic rings. The number of hydrogen-bond donors (Lipinski definition) is 1. The van der Waals surface area contributed by atoms with Crippen LogP contribution < -0.4 is 5.32 Å². The van der Waals surface area contributed by atoms with Gasteiger partial charge in [-0.3, -0.25) is 4.79 Å². The molecule has 1 aromatic heterocycles. The molecule has 0 bridgehead atoms. The molecule has 7 heteroatoms. The summed E-state index contributed by atoms with van der Waals surface area (Å²) >= 11 is 6.89. The van der Waals surface area contributed by atoms with Gasteiger partial charge >= 0.3 is 0 Å². The standard InChI is InChI=1S/C15H10ClFN2O2S/c1-8-2-4-10(21-8)7-13-14(20)19-15(22-13)18-9-3-5-12(17)11(16)6-9/h2-7H,1H3,(H,18,19,20)/b13-7+. The second-order valence-corrected chi connectivity index (χ2v) is 5.97. The van der Waals surface area contributed by atoms with Gasteiger partial charge in [-0.05, 0) is 49.0 Å². The van der Waals surface area contributed by atoms with Crippen molar-refractivity contribution in [1.82, 2.24) is 5.32 Å². The predicted octanol–water partition coefficient (Wildman–Crippen LogP) is 4.27. The van der Waals surface area contributed by atoms with E-state index in [1.54, 1.807) is 12.1 Å². The van der Waals surface area contributed by atoms with Crippen molar-refractivity contribution in [3.8, 4) is 0 Å². The van der Waals surface area contributed by atoms with Gasteiger partial charge in [0.1, 0.15) is 17.3 Å². The fourth-order valence-corrected chi connectivity index (χ4v) is 2.81. The zero-order valence-electron chi connectivity index (χ0n) is 11.4. The molecule has 0 spiro atoms. The van der Waals surface area contributed by atoms with E-state index in [1.165, 1.54) is 30.0 Å². The highest BCUT2D eigenvalue weighted by Crippen LogP contribution is 2.29. The van der Waals surface area contributed by atoms with E-state index < -0.39 is 5.82 Å². The van der Waals surface area contributed by atoms with Crippen LogP contribution in [0.1, 0.15) is 11.5 Å². The Bertz CT molecular complexity index is 814. The number of rotatable bonds is 2. The van der Waals surface area contributed by atoms with Crippen LogP contribution in [0.25, 0.3) is 6.08 Å². The molecule has 1 saturated heterocycles. The first-order chi connectivity index (χ1) is 10.5. The Morgan fingerprint density at radius 1 is 1.36 bits per heavy atom. The number of amides is 1. The van der Waals surface area contributed by atoms with Gasteiger partial charge in [-0.15, -0.1) is 0 Å². The van der Waals surface area contributed by atoms with Gasteiger partial charge in [0.2, 0.25) is 0 Å². The van der Waals surface area contributed by atoms with Crippen molar-refractivity contribution >= 4 is 46.2 Å². The summed E-state index contributed by atoms with van der Waals surface area (Å²) in [7, 11) is 0. The van der Waals surface area contributed by atoms with Crippen LogP contribution in [-0.2, 0) is 4.79 Å². The Morgan fingerprint density at radius 2 is 2.18 bits per heavy atom. The first-order valence-corrected chi connectivity index (χ1v) is 7.52. The van der Waals surface area contributed by atoms with Gasteiger partial charge in [-0.1, -0.05) is 11.6 Å². The molecule has 0 aliphatic carbocycles. The van der Waals surface area contributed by atoms with Gasteiger partial charge < -0.3 is 9.73 Å². The monoisotopic (exact) mass is 336 g/mol. The van der Waals surface area contributed by atoms with Crippen molar-refractivity contribution in [3.63, 3.8) is 0 Å². The molecule has 1 aliphatic heterocycles. The number of aliphatic imine (C=N–C) groups is 1. The van der Waals surface area contributed by atoms with Crippen LogP contribution in [0.4, 0.5) is 10.1 Å². The van der Waals surface area contributed by atoms with Crippen LogP contribution in [0.15, 0.2) is 44.6 Å². The van der Waals surface area contributed by atoms with Gasteiger partial charge in [-0.25, -0.2) is 9.38 Å². The SMILES string of the molecule is Cc1ccc(/C=C2/SC(=Nc3ccc(F)c(Cl)c3)NC2=O)o1. The maximum atomic E-state index is 13.1. The minimum Gasteiger partial charge on any atom is -0.462 e. The summed E-state index contributed by atoms with van der Waals surface area (Å²) in [4.78, 5) is 16.6. The number of carbonyl (C=O) groups excluding carboxylic acids is 1. The molecule has 3 rings (SSSR count). The number of nitrogens with one attached hydrogen (secondary N) is 1. The third-order valence-electron chi connectivity index (χ3n) is 2.82. The lowest BCUT2D eigenvalue weighted by molar-refractivity contribution is -0.115. The van der Waals surface area contributed by atoms with Gasteiger partial charge in [0.15, 0.2) is 5.17 Å². The number of thioether (sulfide) groups is 1. The zero-order chi connectivity index (χ0) is 15.7. The normalized spacial score (nSPS) is 18.2. The lowest BCUT2D eigenvalue weighted by atomic mass is 10.3. The Kier molecular flexibility index (Phi) is 4.04. The van der Waals surface area contributed by atoms with Crippen LogP contribution in [0.3, 0.4) is 0 Å². The van der Waals surface area contributed by atoms with E-state index in [4.69, 9.17) is 16.0 Å². The van der Waals surface area contributed by atoms with E-state index >= 15 is 0 Å². The number of furan rings is 1. The molecular weight excluding hydrogens is 327 g/mol. The number of nitrogens with zero attached hydrogens (tertiary/aromatic N) is 1. The quantitative estimate of drug-likeness (QED) is 0.833. The molecule has 1 fully saturated rings. The summed E-state index contributed by atoms with van der Waals surface area (Å²) < 4.78 is 18.5. The minimum atomic E-state index is -0.512. The molecule has 112 valence electrons. The second kappa shape index (κ2) is 5.98. The average molecular weight is 337 g/mol. The lowest BCUT2D eigenvalue weighted by Gasteiger charge is -1.98. The summed E-state index contributed by atoms with van der Waals surface area (Å²) in [5, 5.41) is 3.03. The molecule has 1 amide bonds. The van der Waals surface area contributed by atoms with Crippen LogP contribution in [0.5, 0.6) is 0 Å². The number of carbonyl (C=O) groups is 1. The molecule has 0 unspecified atom stereocenters. The number of amidine groups is 1. The third-order valence-corrected chi connectivity index (χ3v) is 4.02. The van der Waals surface area contributed by atoms with Gasteiger partial charge in [-0.2, -0.15) is 0 Å². The van der Waals surface area contributed by atoms with E-state index in [0.717, 1.165) is 5.76 Å². The van der Waals surface area contributed by atoms with E-state index in [1.807, 2.05) is 13.0 Å². The average Bonchev–Trinajstić information content (AvgIpc) is 3.01. The summed E-state index contributed by atoms with van der Waals surface area (Å²) in [5.41, 5.74) is 0.462. The van der Waals surface area contributed by atoms with Crippen molar-refractivity contribution < 1.29 is 13.6 Å². The summed E-state index contributed by atoms with van der Waals surface area (Å²) in [6, 6.07) is 7.71. The minimum absolute atomic E-state index is 0.0157. The Labute approximate surface area is 135 Å². The Hall–Kier alpha value is -2.05. The number of hydrogen-bond acceptors (Lipinski definition) is 4. The highest BCUT2D eigenvalue weighted by molar-refractivity contribution is 8.18. The highest BCUT2D eigenvalue weighted by Gasteiger charge is 2.24. The summed E-state index contributed by atoms with van der Waals surface area (Å²) in [6.45, 7) is 1.83. The maximum absolute atomic E-state index is 13.1. The topological polar surface area (TPSA) is 54.6 Å². The number of aryl methyl sites for hydroxylation is 1. The fraction of sp³-hybridized carbons (Fsp3) is 0.0667. The molecule has 1 aromatic carbocycles. The number of benzene rings is 1. The molecule has 2 aromatic rings. The van der Waals surface area contributed by atoms with Crippen LogP contribution in [0, 0.1) is 12.7 Å². The maximum Gasteiger partial charge on any atom is 0.264 e. The van der Waals surface area contributed by atoms with Crippen molar-refractivity contribution in [2.75, 3.05) is 0 Å². The molecule has 2 heterocycles. The number of halogens is 2. The second-order valence-electron chi connectivity index (χ2n) is 4.53. The van der Waals surface area contributed by atoms with Crippen molar-refractivity contribution in [1.29, 1.82) is 0 Å². The van der Waals surface area contributed by atoms with Gasteiger partial charge in [0.25, 0.3) is 5.91 Å². The molecular formula is C15H10ClFN2O2S. The van der Waals surface area contributed by atoms with E-state index in [2.05, 4.69) is 10.3 Å². The molecule has 0 atom stereocenters.